The van der Waals surface area contributed by atoms with Crippen LogP contribution in [0.25, 0.3) is 0 Å². The van der Waals surface area contributed by atoms with Crippen LogP contribution < -0.4 is 10.6 Å². The van der Waals surface area contributed by atoms with E-state index in [4.69, 9.17) is 10.1 Å². The summed E-state index contributed by atoms with van der Waals surface area (Å²) in [5, 5.41) is 14.5. The molecule has 0 heterocycles. The van der Waals surface area contributed by atoms with Gasteiger partial charge in [0.15, 0.2) is 0 Å². The minimum absolute atomic E-state index is 0.150. The van der Waals surface area contributed by atoms with Gasteiger partial charge < -0.3 is 20.8 Å². The van der Waals surface area contributed by atoms with Crippen LogP contribution in [0.1, 0.15) is 84.5 Å². The van der Waals surface area contributed by atoms with Gasteiger partial charge >= 0.3 is 0 Å². The fraction of sp³-hybridized carbons (Fsp3) is 0.833. The second kappa shape index (κ2) is 11.0. The van der Waals surface area contributed by atoms with Crippen molar-refractivity contribution in [2.75, 3.05) is 13.2 Å². The van der Waals surface area contributed by atoms with E-state index < -0.39 is 0 Å². The molecule has 164 valence electrons. The summed E-state index contributed by atoms with van der Waals surface area (Å²) in [6.45, 7) is 5.76. The molecule has 3 rings (SSSR count). The second-order valence-corrected chi connectivity index (χ2v) is 9.63. The number of amides is 1. The van der Waals surface area contributed by atoms with E-state index in [9.17, 15) is 4.79 Å². The first-order chi connectivity index (χ1) is 14.1. The lowest BCUT2D eigenvalue weighted by Crippen LogP contribution is -2.50. The van der Waals surface area contributed by atoms with Gasteiger partial charge in [-0.2, -0.15) is 0 Å². The topological polar surface area (TPSA) is 74.2 Å². The van der Waals surface area contributed by atoms with E-state index >= 15 is 0 Å². The fourth-order valence-electron chi connectivity index (χ4n) is 5.75. The van der Waals surface area contributed by atoms with Crippen molar-refractivity contribution in [3.05, 3.63) is 11.5 Å². The number of nitrogens with one attached hydrogen (secondary N) is 3. The summed E-state index contributed by atoms with van der Waals surface area (Å²) >= 11 is 0. The van der Waals surface area contributed by atoms with Crippen LogP contribution in [0.5, 0.6) is 0 Å². The molecule has 2 bridgehead atoms. The van der Waals surface area contributed by atoms with Crippen LogP contribution in [0.3, 0.4) is 0 Å². The smallest absolute Gasteiger partial charge is 0.258 e. The van der Waals surface area contributed by atoms with Crippen LogP contribution in [0.4, 0.5) is 0 Å². The Morgan fingerprint density at radius 1 is 1.10 bits per heavy atom. The predicted octanol–water partition coefficient (Wildman–Crippen LogP) is 4.78. The van der Waals surface area contributed by atoms with Gasteiger partial charge in [0.25, 0.3) is 5.91 Å². The lowest BCUT2D eigenvalue weighted by molar-refractivity contribution is -0.119. The first kappa shape index (κ1) is 22.2. The maximum atomic E-state index is 13.2. The summed E-state index contributed by atoms with van der Waals surface area (Å²) < 4.78 is 6.11. The summed E-state index contributed by atoms with van der Waals surface area (Å²) in [7, 11) is 0. The number of carbonyl (C=O) groups excluding carboxylic acids is 1. The molecule has 5 nitrogen and oxygen atoms in total. The van der Waals surface area contributed by atoms with Crippen LogP contribution in [-0.2, 0) is 9.53 Å². The second-order valence-electron chi connectivity index (χ2n) is 9.63. The number of hydrogen-bond acceptors (Lipinski definition) is 4. The molecule has 1 amide bonds. The Labute approximate surface area is 176 Å². The van der Waals surface area contributed by atoms with E-state index in [1.807, 2.05) is 0 Å². The summed E-state index contributed by atoms with van der Waals surface area (Å²) in [6.07, 6.45) is 14.7. The highest BCUT2D eigenvalue weighted by atomic mass is 16.5. The SMILES string of the molecule is CCCN/C(OCC1CCCCC1)=C(\C=N)C(=O)NC1C(C)CC2CCCC1C2. The average molecular weight is 404 g/mol. The highest BCUT2D eigenvalue weighted by molar-refractivity contribution is 6.11. The van der Waals surface area contributed by atoms with Crippen molar-refractivity contribution in [1.82, 2.24) is 10.6 Å². The van der Waals surface area contributed by atoms with Crippen LogP contribution in [0.15, 0.2) is 11.5 Å². The Morgan fingerprint density at radius 3 is 2.62 bits per heavy atom. The standard InChI is InChI=1S/C24H41N3O2/c1-3-12-26-24(29-16-18-8-5-4-6-9-18)21(15-25)23(28)27-22-17(2)13-19-10-7-11-20(22)14-19/h15,17-20,22,25-26H,3-14,16H2,1-2H3,(H,27,28)/b24-21-,25-15?. The van der Waals surface area contributed by atoms with Gasteiger partial charge in [0.1, 0.15) is 5.57 Å². The van der Waals surface area contributed by atoms with Crippen molar-refractivity contribution in [1.29, 1.82) is 5.41 Å². The Hall–Kier alpha value is -1.52. The zero-order chi connectivity index (χ0) is 20.6. The number of carbonyl (C=O) groups is 1. The van der Waals surface area contributed by atoms with Gasteiger partial charge in [0.05, 0.1) is 6.61 Å². The molecular weight excluding hydrogens is 362 g/mol. The molecule has 3 N–H and O–H groups in total. The monoisotopic (exact) mass is 403 g/mol. The first-order valence-corrected chi connectivity index (χ1v) is 12.0. The molecule has 3 saturated carbocycles. The van der Waals surface area contributed by atoms with Crippen LogP contribution >= 0.6 is 0 Å². The van der Waals surface area contributed by atoms with Crippen molar-refractivity contribution in [2.45, 2.75) is 90.5 Å². The van der Waals surface area contributed by atoms with E-state index in [1.165, 1.54) is 70.4 Å². The normalized spacial score (nSPS) is 30.8. The Balaban J connectivity index is 1.67. The molecule has 4 unspecified atom stereocenters. The Bertz CT molecular complexity index is 581. The number of hydrogen-bond donors (Lipinski definition) is 3. The van der Waals surface area contributed by atoms with Crippen molar-refractivity contribution in [3.63, 3.8) is 0 Å². The Morgan fingerprint density at radius 2 is 1.90 bits per heavy atom. The minimum Gasteiger partial charge on any atom is -0.478 e. The molecular formula is C24H41N3O2. The first-order valence-electron chi connectivity index (χ1n) is 12.0. The lowest BCUT2D eigenvalue weighted by atomic mass is 9.65. The molecule has 0 aliphatic heterocycles. The van der Waals surface area contributed by atoms with E-state index in [0.29, 0.717) is 35.8 Å². The van der Waals surface area contributed by atoms with Gasteiger partial charge in [-0.15, -0.1) is 0 Å². The van der Waals surface area contributed by atoms with Gasteiger partial charge in [0, 0.05) is 18.8 Å². The average Bonchev–Trinajstić information content (AvgIpc) is 2.74. The third-order valence-electron chi connectivity index (χ3n) is 7.30. The summed E-state index contributed by atoms with van der Waals surface area (Å²) in [5.74, 6) is 2.84. The molecule has 0 saturated heterocycles. The molecule has 3 fully saturated rings. The number of fused-ring (bicyclic) bond motifs is 2. The van der Waals surface area contributed by atoms with Crippen LogP contribution in [0, 0.1) is 29.1 Å². The zero-order valence-corrected chi connectivity index (χ0v) is 18.5. The van der Waals surface area contributed by atoms with Gasteiger partial charge in [-0.1, -0.05) is 46.0 Å². The van der Waals surface area contributed by atoms with Crippen molar-refractivity contribution in [2.24, 2.45) is 23.7 Å². The number of ether oxygens (including phenoxy) is 1. The van der Waals surface area contributed by atoms with Crippen molar-refractivity contribution in [3.8, 4) is 0 Å². The van der Waals surface area contributed by atoms with E-state index in [0.717, 1.165) is 18.9 Å². The Kier molecular flexibility index (Phi) is 8.43. The summed E-state index contributed by atoms with van der Waals surface area (Å²) in [4.78, 5) is 13.2. The van der Waals surface area contributed by atoms with Gasteiger partial charge in [-0.3, -0.25) is 4.79 Å². The molecule has 0 aromatic heterocycles. The molecule has 5 heteroatoms. The molecule has 29 heavy (non-hydrogen) atoms. The summed E-state index contributed by atoms with van der Waals surface area (Å²) in [5.41, 5.74) is 0.347. The largest absolute Gasteiger partial charge is 0.478 e. The third-order valence-corrected chi connectivity index (χ3v) is 7.30. The zero-order valence-electron chi connectivity index (χ0n) is 18.5. The summed E-state index contributed by atoms with van der Waals surface area (Å²) in [6, 6.07) is 0.222. The van der Waals surface area contributed by atoms with Crippen molar-refractivity contribution < 1.29 is 9.53 Å². The van der Waals surface area contributed by atoms with Crippen LogP contribution in [-0.4, -0.2) is 31.3 Å². The third kappa shape index (κ3) is 5.99. The lowest BCUT2D eigenvalue weighted by Gasteiger charge is -2.44. The fourth-order valence-corrected chi connectivity index (χ4v) is 5.75. The molecule has 3 aliphatic carbocycles. The van der Waals surface area contributed by atoms with Crippen molar-refractivity contribution >= 4 is 12.1 Å². The van der Waals surface area contributed by atoms with Crippen LogP contribution in [0.2, 0.25) is 0 Å². The number of rotatable bonds is 9. The molecule has 3 aliphatic rings. The van der Waals surface area contributed by atoms with Gasteiger partial charge in [-0.05, 0) is 62.2 Å². The predicted molar refractivity (Wildman–Crippen MR) is 118 cm³/mol. The molecule has 0 aromatic carbocycles. The highest BCUT2D eigenvalue weighted by Crippen LogP contribution is 2.42. The van der Waals surface area contributed by atoms with Gasteiger partial charge in [-0.25, -0.2) is 0 Å². The van der Waals surface area contributed by atoms with E-state index in [2.05, 4.69) is 24.5 Å². The molecule has 0 aromatic rings. The maximum Gasteiger partial charge on any atom is 0.258 e. The molecule has 4 atom stereocenters. The van der Waals surface area contributed by atoms with Gasteiger partial charge in [0.2, 0.25) is 5.88 Å². The molecule has 0 spiro atoms. The minimum atomic E-state index is -0.150. The van der Waals surface area contributed by atoms with E-state index in [1.54, 1.807) is 0 Å². The quantitative estimate of drug-likeness (QED) is 0.295. The maximum absolute atomic E-state index is 13.2. The van der Waals surface area contributed by atoms with E-state index in [-0.39, 0.29) is 11.9 Å². The highest BCUT2D eigenvalue weighted by Gasteiger charge is 2.39. The molecule has 0 radical (unpaired) electrons.